The fraction of sp³-hybridized carbons (Fsp3) is 0.400. The average Bonchev–Trinajstić information content (AvgIpc) is 2.52. The summed E-state index contributed by atoms with van der Waals surface area (Å²) in [6, 6.07) is 0. The summed E-state index contributed by atoms with van der Waals surface area (Å²) in [4.78, 5) is 38.7. The monoisotopic (exact) mass is 298 g/mol. The summed E-state index contributed by atoms with van der Waals surface area (Å²) in [5.41, 5.74) is 0. The second-order valence-electron chi connectivity index (χ2n) is 3.10. The molecule has 0 aliphatic carbocycles. The fourth-order valence-corrected chi connectivity index (χ4v) is 3.03. The molecule has 1 heterocycles. The largest absolute Gasteiger partial charge is 2.00 e. The number of imidazole rings is 1. The minimum Gasteiger partial charge on any atom is -1.00 e. The van der Waals surface area contributed by atoms with E-state index in [4.69, 9.17) is 19.6 Å². The van der Waals surface area contributed by atoms with Gasteiger partial charge in [-0.2, -0.15) is 0 Å². The van der Waals surface area contributed by atoms with Gasteiger partial charge in [-0.25, -0.2) is 4.98 Å². The molecule has 17 heavy (non-hydrogen) atoms. The third kappa shape index (κ3) is 3.60. The Morgan fingerprint density at radius 2 is 1.71 bits per heavy atom. The van der Waals surface area contributed by atoms with Crippen LogP contribution in [0.25, 0.3) is 0 Å². The first-order valence-corrected chi connectivity index (χ1v) is 7.10. The summed E-state index contributed by atoms with van der Waals surface area (Å²) >= 11 is 0. The standard InChI is InChI=1S/C5H10N2O7P2.Mg.2H/c8-5(15(9,10)11,16(12,13)14)3-7-2-1-6-4-7;;;/h1-2,4,8H,3H2,(H2,9,10,11)(H2,12,13,14);;;/q;+2;2*-1. The van der Waals surface area contributed by atoms with Crippen molar-refractivity contribution in [3.63, 3.8) is 0 Å². The van der Waals surface area contributed by atoms with E-state index >= 15 is 0 Å². The smallest absolute Gasteiger partial charge is 1.00 e. The molecule has 96 valence electrons. The number of rotatable bonds is 4. The van der Waals surface area contributed by atoms with Crippen molar-refractivity contribution in [2.75, 3.05) is 0 Å². The minimum atomic E-state index is -5.41. The summed E-state index contributed by atoms with van der Waals surface area (Å²) in [7, 11) is -10.8. The Hall–Kier alpha value is 0.236. The van der Waals surface area contributed by atoms with Gasteiger partial charge in [0.25, 0.3) is 5.08 Å². The Morgan fingerprint density at radius 1 is 1.24 bits per heavy atom. The summed E-state index contributed by atoms with van der Waals surface area (Å²) in [6.45, 7) is -0.957. The SMILES string of the molecule is O=P(O)(O)C(O)(Cn1ccnc1)P(=O)(O)O.[H-].[H-].[Mg+2]. The van der Waals surface area contributed by atoms with Gasteiger partial charge >= 0.3 is 38.2 Å². The van der Waals surface area contributed by atoms with Gasteiger partial charge in [0.05, 0.1) is 12.9 Å². The van der Waals surface area contributed by atoms with Gasteiger partial charge in [0.1, 0.15) is 0 Å². The molecule has 5 N–H and O–H groups in total. The molecule has 0 aliphatic heterocycles. The molecular formula is C5H12MgN2O7P2. The molecule has 0 radical (unpaired) electrons. The number of aromatic nitrogens is 2. The van der Waals surface area contributed by atoms with E-state index in [9.17, 15) is 14.2 Å². The molecule has 0 atom stereocenters. The molecule has 0 fully saturated rings. The minimum absolute atomic E-state index is 0. The molecule has 0 saturated carbocycles. The molecule has 9 nitrogen and oxygen atoms in total. The maximum Gasteiger partial charge on any atom is 2.00 e. The van der Waals surface area contributed by atoms with Gasteiger partial charge in [-0.3, -0.25) is 9.13 Å². The molecule has 0 aromatic carbocycles. The Labute approximate surface area is 115 Å². The van der Waals surface area contributed by atoms with E-state index in [1.54, 1.807) is 0 Å². The summed E-state index contributed by atoms with van der Waals surface area (Å²) in [5.74, 6) is 0. The van der Waals surface area contributed by atoms with Gasteiger partial charge in [0.2, 0.25) is 0 Å². The van der Waals surface area contributed by atoms with Crippen molar-refractivity contribution in [2.45, 2.75) is 11.6 Å². The fourth-order valence-electron chi connectivity index (χ4n) is 0.979. The summed E-state index contributed by atoms with van der Waals surface area (Å²) < 4.78 is 22.8. The van der Waals surface area contributed by atoms with Gasteiger partial charge in [0, 0.05) is 12.4 Å². The van der Waals surface area contributed by atoms with Crippen LogP contribution in [0.5, 0.6) is 0 Å². The second-order valence-corrected chi connectivity index (χ2v) is 7.11. The summed E-state index contributed by atoms with van der Waals surface area (Å²) in [5, 5.41) is 6.04. The topological polar surface area (TPSA) is 153 Å². The molecular weight excluding hydrogens is 286 g/mol. The van der Waals surface area contributed by atoms with Crippen LogP contribution in [0, 0.1) is 0 Å². The normalized spacial score (nSPS) is 13.2. The quantitative estimate of drug-likeness (QED) is 0.340. The average molecular weight is 298 g/mol. The van der Waals surface area contributed by atoms with Gasteiger partial charge in [0.15, 0.2) is 0 Å². The molecule has 0 amide bonds. The Kier molecular flexibility index (Phi) is 5.55. The van der Waals surface area contributed by atoms with Crippen LogP contribution in [-0.2, 0) is 15.7 Å². The molecule has 0 aliphatic rings. The van der Waals surface area contributed by atoms with Crippen molar-refractivity contribution in [3.05, 3.63) is 18.7 Å². The maximum absolute atomic E-state index is 10.9. The van der Waals surface area contributed by atoms with Crippen molar-refractivity contribution in [3.8, 4) is 0 Å². The zero-order valence-corrected chi connectivity index (χ0v) is 11.7. The molecule has 0 bridgehead atoms. The third-order valence-corrected chi connectivity index (χ3v) is 5.60. The van der Waals surface area contributed by atoms with Crippen molar-refractivity contribution < 1.29 is 36.7 Å². The first-order valence-electron chi connectivity index (χ1n) is 3.87. The molecule has 1 aromatic heterocycles. The Morgan fingerprint density at radius 3 is 2.00 bits per heavy atom. The van der Waals surface area contributed by atoms with Crippen LogP contribution >= 0.6 is 15.2 Å². The zero-order chi connectivity index (χ0) is 12.6. The van der Waals surface area contributed by atoms with Gasteiger partial charge in [-0.1, -0.05) is 0 Å². The van der Waals surface area contributed by atoms with Crippen molar-refractivity contribution >= 4 is 38.2 Å². The van der Waals surface area contributed by atoms with Crippen molar-refractivity contribution in [2.24, 2.45) is 0 Å². The first kappa shape index (κ1) is 17.2. The first-order chi connectivity index (χ1) is 7.08. The molecule has 0 unspecified atom stereocenters. The van der Waals surface area contributed by atoms with Crippen LogP contribution in [-0.4, -0.2) is 62.4 Å². The van der Waals surface area contributed by atoms with E-state index in [1.165, 1.54) is 12.4 Å². The van der Waals surface area contributed by atoms with Crippen LogP contribution in [0.4, 0.5) is 0 Å². The molecule has 0 saturated heterocycles. The Bertz CT molecular complexity index is 438. The van der Waals surface area contributed by atoms with Crippen LogP contribution < -0.4 is 0 Å². The molecule has 12 heteroatoms. The van der Waals surface area contributed by atoms with Gasteiger partial charge in [-0.05, 0) is 0 Å². The molecule has 1 rings (SSSR count). The van der Waals surface area contributed by atoms with E-state index < -0.39 is 26.8 Å². The predicted octanol–water partition coefficient (Wildman–Crippen LogP) is -1.27. The number of hydrogen-bond acceptors (Lipinski definition) is 4. The molecule has 1 aromatic rings. The molecule has 0 spiro atoms. The van der Waals surface area contributed by atoms with Gasteiger partial charge in [-0.15, -0.1) is 0 Å². The van der Waals surface area contributed by atoms with Crippen LogP contribution in [0.15, 0.2) is 18.7 Å². The van der Waals surface area contributed by atoms with Crippen LogP contribution in [0.1, 0.15) is 2.85 Å². The van der Waals surface area contributed by atoms with E-state index in [2.05, 4.69) is 4.98 Å². The number of hydrogen-bond donors (Lipinski definition) is 5. The van der Waals surface area contributed by atoms with E-state index in [-0.39, 0.29) is 25.9 Å². The van der Waals surface area contributed by atoms with Crippen LogP contribution in [0.2, 0.25) is 0 Å². The van der Waals surface area contributed by atoms with E-state index in [1.807, 2.05) is 0 Å². The predicted molar refractivity (Wildman–Crippen MR) is 59.2 cm³/mol. The number of aliphatic hydroxyl groups is 1. The second kappa shape index (κ2) is 5.48. The van der Waals surface area contributed by atoms with Gasteiger partial charge < -0.3 is 32.1 Å². The Balaban J connectivity index is -0.000000853. The third-order valence-electron chi connectivity index (χ3n) is 1.89. The van der Waals surface area contributed by atoms with E-state index in [0.29, 0.717) is 0 Å². The van der Waals surface area contributed by atoms with E-state index in [0.717, 1.165) is 10.9 Å². The zero-order valence-electron chi connectivity index (χ0n) is 10.5. The van der Waals surface area contributed by atoms with Crippen molar-refractivity contribution in [1.82, 2.24) is 9.55 Å². The number of nitrogens with zero attached hydrogens (tertiary/aromatic N) is 2. The summed E-state index contributed by atoms with van der Waals surface area (Å²) in [6.07, 6.45) is 3.51. The maximum atomic E-state index is 10.9. The van der Waals surface area contributed by atoms with Crippen LogP contribution in [0.3, 0.4) is 0 Å². The van der Waals surface area contributed by atoms with Crippen molar-refractivity contribution in [1.29, 1.82) is 0 Å².